The second-order valence-corrected chi connectivity index (χ2v) is 16.5. The molecule has 262 valence electrons. The van der Waals surface area contributed by atoms with E-state index in [-0.39, 0.29) is 56.0 Å². The molecule has 0 saturated heterocycles. The lowest BCUT2D eigenvalue weighted by Crippen LogP contribution is -2.65. The number of hydrogen-bond acceptors (Lipinski definition) is 10. The van der Waals surface area contributed by atoms with Crippen LogP contribution in [0, 0.1) is 39.4 Å². The van der Waals surface area contributed by atoms with E-state index >= 15 is 0 Å². The maximum absolute atomic E-state index is 14.6. The molecular formula is C36H52O11. The van der Waals surface area contributed by atoms with Gasteiger partial charge in [-0.3, -0.25) is 28.8 Å². The molecular weight excluding hydrogens is 608 g/mol. The molecule has 3 fully saturated rings. The maximum Gasteiger partial charge on any atom is 0.307 e. The third-order valence-corrected chi connectivity index (χ3v) is 12.7. The van der Waals surface area contributed by atoms with Gasteiger partial charge in [-0.15, -0.1) is 0 Å². The summed E-state index contributed by atoms with van der Waals surface area (Å²) in [4.78, 5) is 77.0. The molecule has 11 heteroatoms. The molecule has 0 radical (unpaired) electrons. The van der Waals surface area contributed by atoms with Gasteiger partial charge in [0.05, 0.1) is 18.9 Å². The molecule has 0 aromatic heterocycles. The summed E-state index contributed by atoms with van der Waals surface area (Å²) in [7, 11) is 0. The summed E-state index contributed by atoms with van der Waals surface area (Å²) in [6.07, 6.45) is -0.169. The number of ketones is 3. The summed E-state index contributed by atoms with van der Waals surface area (Å²) in [6.45, 7) is 15.4. The number of allylic oxidation sites excluding steroid dienone is 2. The van der Waals surface area contributed by atoms with Gasteiger partial charge < -0.3 is 24.8 Å². The van der Waals surface area contributed by atoms with Gasteiger partial charge >= 0.3 is 17.9 Å². The van der Waals surface area contributed by atoms with Crippen LogP contribution in [0.1, 0.15) is 114 Å². The van der Waals surface area contributed by atoms with Crippen molar-refractivity contribution in [1.29, 1.82) is 0 Å². The number of Topliss-reactive ketones (excluding diaryl/α,β-unsaturated/α-hetero) is 3. The fourth-order valence-electron chi connectivity index (χ4n) is 10.2. The molecule has 3 N–H and O–H groups in total. The van der Waals surface area contributed by atoms with E-state index < -0.39 is 87.0 Å². The predicted molar refractivity (Wildman–Crippen MR) is 169 cm³/mol. The summed E-state index contributed by atoms with van der Waals surface area (Å²) in [5.74, 6) is -5.05. The highest BCUT2D eigenvalue weighted by Crippen LogP contribution is 2.74. The summed E-state index contributed by atoms with van der Waals surface area (Å²) in [5.41, 5.74) is -5.81. The first kappa shape index (κ1) is 36.9. The first-order valence-electron chi connectivity index (χ1n) is 16.7. The number of aliphatic carboxylic acids is 1. The van der Waals surface area contributed by atoms with E-state index in [2.05, 4.69) is 0 Å². The van der Waals surface area contributed by atoms with Crippen molar-refractivity contribution >= 4 is 35.3 Å². The number of esters is 2. The first-order chi connectivity index (χ1) is 21.4. The number of carbonyl (C=O) groups excluding carboxylic acids is 5. The van der Waals surface area contributed by atoms with Crippen molar-refractivity contribution in [2.24, 2.45) is 39.4 Å². The SMILES string of the molecule is CC(=O)OC(C)(C)CCC(=O)[C@](C)(O)[C@H]1[C@H](O)C[C@@]2(C)[C@@H]3CC=C4[C@@H](C[C@H](OC(=O)CCC(=O)O)C(=O)C4(C)C)[C@]3(C)C(=O)C[C@]12C. The third-order valence-electron chi connectivity index (χ3n) is 12.7. The Balaban J connectivity index is 1.68. The van der Waals surface area contributed by atoms with E-state index in [1.54, 1.807) is 27.7 Å². The second kappa shape index (κ2) is 11.9. The van der Waals surface area contributed by atoms with Gasteiger partial charge in [-0.05, 0) is 83.0 Å². The fraction of sp³-hybridized carbons (Fsp3) is 0.778. The van der Waals surface area contributed by atoms with Crippen LogP contribution in [0.15, 0.2) is 11.6 Å². The van der Waals surface area contributed by atoms with Crippen LogP contribution in [-0.2, 0) is 38.2 Å². The highest BCUT2D eigenvalue weighted by atomic mass is 16.6. The maximum atomic E-state index is 14.6. The van der Waals surface area contributed by atoms with Gasteiger partial charge in [-0.2, -0.15) is 0 Å². The zero-order valence-electron chi connectivity index (χ0n) is 29.2. The molecule has 0 aromatic rings. The average Bonchev–Trinajstić information content (AvgIpc) is 3.13. The van der Waals surface area contributed by atoms with Gasteiger partial charge in [0.1, 0.15) is 17.0 Å². The molecule has 47 heavy (non-hydrogen) atoms. The van der Waals surface area contributed by atoms with Gasteiger partial charge in [0.25, 0.3) is 0 Å². The summed E-state index contributed by atoms with van der Waals surface area (Å²) >= 11 is 0. The molecule has 0 unspecified atom stereocenters. The van der Waals surface area contributed by atoms with Gasteiger partial charge in [-0.1, -0.05) is 32.4 Å². The van der Waals surface area contributed by atoms with Gasteiger partial charge in [0.15, 0.2) is 17.7 Å². The molecule has 0 spiro atoms. The quantitative estimate of drug-likeness (QED) is 0.226. The van der Waals surface area contributed by atoms with Crippen LogP contribution >= 0.6 is 0 Å². The lowest BCUT2D eigenvalue weighted by molar-refractivity contribution is -0.187. The van der Waals surface area contributed by atoms with Crippen molar-refractivity contribution < 1.29 is 53.6 Å². The Morgan fingerprint density at radius 1 is 0.979 bits per heavy atom. The highest BCUT2D eigenvalue weighted by Gasteiger charge is 2.74. The molecule has 4 aliphatic rings. The van der Waals surface area contributed by atoms with Crippen molar-refractivity contribution in [3.8, 4) is 0 Å². The number of carboxylic acid groups (broad SMARTS) is 1. The van der Waals surface area contributed by atoms with Crippen LogP contribution in [-0.4, -0.2) is 74.0 Å². The van der Waals surface area contributed by atoms with Crippen molar-refractivity contribution in [2.45, 2.75) is 137 Å². The number of fused-ring (bicyclic) bond motifs is 5. The van der Waals surface area contributed by atoms with Crippen molar-refractivity contribution in [1.82, 2.24) is 0 Å². The van der Waals surface area contributed by atoms with Crippen LogP contribution in [0.4, 0.5) is 0 Å². The van der Waals surface area contributed by atoms with E-state index in [4.69, 9.17) is 14.6 Å². The zero-order valence-corrected chi connectivity index (χ0v) is 29.2. The molecule has 0 bridgehead atoms. The second-order valence-electron chi connectivity index (χ2n) is 16.5. The largest absolute Gasteiger partial charge is 0.481 e. The minimum Gasteiger partial charge on any atom is -0.481 e. The third kappa shape index (κ3) is 5.89. The average molecular weight is 661 g/mol. The van der Waals surface area contributed by atoms with Crippen molar-refractivity contribution in [3.63, 3.8) is 0 Å². The predicted octanol–water partition coefficient (Wildman–Crippen LogP) is 4.14. The number of aliphatic hydroxyl groups is 2. The lowest BCUT2D eigenvalue weighted by Gasteiger charge is -2.64. The summed E-state index contributed by atoms with van der Waals surface area (Å²) in [5, 5.41) is 32.6. The summed E-state index contributed by atoms with van der Waals surface area (Å²) < 4.78 is 10.9. The van der Waals surface area contributed by atoms with E-state index in [0.29, 0.717) is 6.42 Å². The lowest BCUT2D eigenvalue weighted by atomic mass is 9.38. The monoisotopic (exact) mass is 660 g/mol. The van der Waals surface area contributed by atoms with E-state index in [0.717, 1.165) is 5.57 Å². The number of ether oxygens (including phenoxy) is 2. The smallest absolute Gasteiger partial charge is 0.307 e. The van der Waals surface area contributed by atoms with Gasteiger partial charge in [0.2, 0.25) is 0 Å². The summed E-state index contributed by atoms with van der Waals surface area (Å²) in [6, 6.07) is 0. The Morgan fingerprint density at radius 3 is 2.17 bits per heavy atom. The Kier molecular flexibility index (Phi) is 9.34. The van der Waals surface area contributed by atoms with Crippen LogP contribution in [0.5, 0.6) is 0 Å². The van der Waals surface area contributed by atoms with Gasteiger partial charge in [0, 0.05) is 36.5 Å². The number of carbonyl (C=O) groups is 6. The number of rotatable bonds is 10. The Bertz CT molecular complexity index is 1400. The number of carboxylic acids is 1. The molecule has 0 aromatic carbocycles. The number of aliphatic hydroxyl groups excluding tert-OH is 1. The highest BCUT2D eigenvalue weighted by molar-refractivity contribution is 5.96. The van der Waals surface area contributed by atoms with Gasteiger partial charge in [-0.25, -0.2) is 0 Å². The van der Waals surface area contributed by atoms with Crippen LogP contribution in [0.25, 0.3) is 0 Å². The number of hydrogen-bond donors (Lipinski definition) is 3. The minimum absolute atomic E-state index is 0.0121. The normalized spacial score (nSPS) is 37.4. The van der Waals surface area contributed by atoms with Crippen molar-refractivity contribution in [2.75, 3.05) is 0 Å². The molecule has 11 nitrogen and oxygen atoms in total. The van der Waals surface area contributed by atoms with E-state index in [1.165, 1.54) is 13.8 Å². The van der Waals surface area contributed by atoms with E-state index in [1.807, 2.05) is 26.8 Å². The standard InChI is InChI=1S/C36H52O11/c1-19(37)47-31(2,3)15-14-25(39)36(9,45)29-22(38)17-33(6)24-11-10-20-21(35(24,8)26(40)18-34(29,33)7)16-23(30(44)32(20,4)5)46-28(43)13-12-27(41)42/h10,21-24,29,38,45H,11-18H2,1-9H3,(H,41,42)/t21-,22-,23+,24+,29+,33+,34-,35+,36+/m1/s1. The molecule has 4 aliphatic carbocycles. The zero-order chi connectivity index (χ0) is 35.7. The van der Waals surface area contributed by atoms with Crippen LogP contribution < -0.4 is 0 Å². The Labute approximate surface area is 276 Å². The Hall–Kier alpha value is -2.92. The van der Waals surface area contributed by atoms with E-state index in [9.17, 15) is 39.0 Å². The van der Waals surface area contributed by atoms with Crippen LogP contribution in [0.3, 0.4) is 0 Å². The molecule has 0 aliphatic heterocycles. The minimum atomic E-state index is -1.98. The molecule has 0 amide bonds. The van der Waals surface area contributed by atoms with Crippen LogP contribution in [0.2, 0.25) is 0 Å². The topological polar surface area (TPSA) is 182 Å². The molecule has 0 heterocycles. The molecule has 9 atom stereocenters. The Morgan fingerprint density at radius 2 is 1.60 bits per heavy atom. The fourth-order valence-corrected chi connectivity index (χ4v) is 10.2. The molecule has 4 rings (SSSR count). The first-order valence-corrected chi connectivity index (χ1v) is 16.7. The molecule has 3 saturated carbocycles. The van der Waals surface area contributed by atoms with Crippen molar-refractivity contribution in [3.05, 3.63) is 11.6 Å².